The number of nitrogens with one attached hydrogen (secondary N) is 1. The van der Waals surface area contributed by atoms with Crippen LogP contribution in [0, 0.1) is 0 Å². The summed E-state index contributed by atoms with van der Waals surface area (Å²) in [5.41, 5.74) is 3.21. The summed E-state index contributed by atoms with van der Waals surface area (Å²) in [5.74, 6) is -1.15. The zero-order valence-corrected chi connectivity index (χ0v) is 22.1. The van der Waals surface area contributed by atoms with Crippen molar-refractivity contribution < 1.29 is 19.2 Å². The third-order valence-corrected chi connectivity index (χ3v) is 7.84. The molecule has 0 fully saturated rings. The Morgan fingerprint density at radius 2 is 1.37 bits per heavy atom. The van der Waals surface area contributed by atoms with E-state index >= 15 is 0 Å². The van der Waals surface area contributed by atoms with E-state index in [9.17, 15) is 19.2 Å². The van der Waals surface area contributed by atoms with Crippen molar-refractivity contribution in [3.8, 4) is 0 Å². The molecule has 192 valence electrons. The molecule has 5 rings (SSSR count). The number of aromatic nitrogens is 2. The first-order valence-corrected chi connectivity index (χ1v) is 13.6. The van der Waals surface area contributed by atoms with E-state index in [1.807, 2.05) is 10.8 Å². The average molecular weight is 546 g/mol. The maximum absolute atomic E-state index is 12.6. The maximum Gasteiger partial charge on any atom is 0.261 e. The van der Waals surface area contributed by atoms with Gasteiger partial charge in [-0.3, -0.25) is 29.0 Å². The number of allylic oxidation sites excluding steroid dienone is 2. The van der Waals surface area contributed by atoms with Crippen molar-refractivity contribution in [1.82, 2.24) is 19.8 Å². The number of fused-ring (bicyclic) bond motifs is 1. The van der Waals surface area contributed by atoms with Gasteiger partial charge in [-0.2, -0.15) is 0 Å². The Morgan fingerprint density at radius 1 is 0.842 bits per heavy atom. The van der Waals surface area contributed by atoms with Crippen LogP contribution in [-0.4, -0.2) is 56.5 Å². The summed E-state index contributed by atoms with van der Waals surface area (Å²) in [7, 11) is 0. The molecule has 4 amide bonds. The number of benzene rings is 1. The van der Waals surface area contributed by atoms with Gasteiger partial charge in [0.2, 0.25) is 0 Å². The summed E-state index contributed by atoms with van der Waals surface area (Å²) in [5, 5.41) is 8.23. The molecule has 4 heterocycles. The zero-order chi connectivity index (χ0) is 26.8. The minimum Gasteiger partial charge on any atom is -0.307 e. The SMILES string of the molecule is C=C/C=C\C1=C(C)C(=O)N(CCc2csc(Nc3nc(CCN4C(=O)c5ccccc5C4=O)cs3)n2)C1=O. The summed E-state index contributed by atoms with van der Waals surface area (Å²) in [6.07, 6.45) is 5.69. The second-order valence-electron chi connectivity index (χ2n) is 8.62. The standard InChI is InChI=1S/C27H23N5O4S2/c1-3-4-7-19-16(2)22(33)31(23(19)34)12-10-17-14-37-26(28-17)30-27-29-18(15-38-27)11-13-32-24(35)20-8-5-6-9-21(20)25(32)36/h3-9,14-15H,1,10-13H2,2H3,(H,28,29,30)/b7-4-. The van der Waals surface area contributed by atoms with Gasteiger partial charge in [0.05, 0.1) is 22.5 Å². The van der Waals surface area contributed by atoms with Crippen LogP contribution in [0.4, 0.5) is 10.3 Å². The van der Waals surface area contributed by atoms with E-state index in [0.717, 1.165) is 11.4 Å². The Kier molecular flexibility index (Phi) is 7.12. The highest BCUT2D eigenvalue weighted by Gasteiger charge is 2.35. The number of anilines is 2. The number of carbonyl (C=O) groups is 4. The van der Waals surface area contributed by atoms with Gasteiger partial charge < -0.3 is 5.32 Å². The number of rotatable bonds is 10. The lowest BCUT2D eigenvalue weighted by Gasteiger charge is -2.13. The Hall–Kier alpha value is -4.22. The van der Waals surface area contributed by atoms with E-state index in [1.54, 1.807) is 49.4 Å². The number of amides is 4. The fourth-order valence-electron chi connectivity index (χ4n) is 4.22. The Labute approximate surface area is 226 Å². The van der Waals surface area contributed by atoms with Gasteiger partial charge in [0.15, 0.2) is 10.3 Å². The lowest BCUT2D eigenvalue weighted by molar-refractivity contribution is -0.137. The normalized spacial score (nSPS) is 15.4. The van der Waals surface area contributed by atoms with Crippen molar-refractivity contribution in [2.75, 3.05) is 18.4 Å². The van der Waals surface area contributed by atoms with Crippen LogP contribution < -0.4 is 5.32 Å². The van der Waals surface area contributed by atoms with E-state index in [2.05, 4.69) is 21.9 Å². The summed E-state index contributed by atoms with van der Waals surface area (Å²) in [4.78, 5) is 61.8. The largest absolute Gasteiger partial charge is 0.307 e. The van der Waals surface area contributed by atoms with Crippen molar-refractivity contribution in [2.45, 2.75) is 19.8 Å². The quantitative estimate of drug-likeness (QED) is 0.301. The Balaban J connectivity index is 1.14. The van der Waals surface area contributed by atoms with Gasteiger partial charge >= 0.3 is 0 Å². The van der Waals surface area contributed by atoms with Crippen molar-refractivity contribution in [2.24, 2.45) is 0 Å². The molecule has 3 aromatic rings. The van der Waals surface area contributed by atoms with Crippen molar-refractivity contribution >= 4 is 56.6 Å². The van der Waals surface area contributed by atoms with Crippen LogP contribution in [0.15, 0.2) is 71.0 Å². The number of nitrogens with zero attached hydrogens (tertiary/aromatic N) is 4. The fourth-order valence-corrected chi connectivity index (χ4v) is 5.78. The molecule has 0 saturated carbocycles. The number of imide groups is 2. The van der Waals surface area contributed by atoms with Gasteiger partial charge in [-0.05, 0) is 25.1 Å². The molecule has 2 aromatic heterocycles. The summed E-state index contributed by atoms with van der Waals surface area (Å²) >= 11 is 2.81. The highest BCUT2D eigenvalue weighted by molar-refractivity contribution is 7.16. The van der Waals surface area contributed by atoms with Crippen LogP contribution in [-0.2, 0) is 22.4 Å². The predicted molar refractivity (Wildman–Crippen MR) is 145 cm³/mol. The van der Waals surface area contributed by atoms with Crippen molar-refractivity contribution in [3.63, 3.8) is 0 Å². The van der Waals surface area contributed by atoms with Gasteiger partial charge in [0.1, 0.15) is 0 Å². The average Bonchev–Trinajstić information content (AvgIpc) is 3.66. The first kappa shape index (κ1) is 25.4. The Bertz CT molecular complexity index is 1500. The topological polar surface area (TPSA) is 113 Å². The van der Waals surface area contributed by atoms with E-state index in [1.165, 1.54) is 32.5 Å². The fraction of sp³-hybridized carbons (Fsp3) is 0.185. The molecule has 1 aromatic carbocycles. The summed E-state index contributed by atoms with van der Waals surface area (Å²) in [6, 6.07) is 6.83. The number of hydrogen-bond acceptors (Lipinski definition) is 9. The molecule has 0 radical (unpaired) electrons. The molecule has 2 aliphatic heterocycles. The molecule has 0 spiro atoms. The molecule has 0 atom stereocenters. The van der Waals surface area contributed by atoms with Gasteiger partial charge in [-0.1, -0.05) is 30.9 Å². The maximum atomic E-state index is 12.6. The van der Waals surface area contributed by atoms with Crippen LogP contribution >= 0.6 is 22.7 Å². The second kappa shape index (κ2) is 10.6. The number of hydrogen-bond donors (Lipinski definition) is 1. The van der Waals surface area contributed by atoms with Crippen LogP contribution in [0.5, 0.6) is 0 Å². The second-order valence-corrected chi connectivity index (χ2v) is 10.3. The van der Waals surface area contributed by atoms with Crippen molar-refractivity contribution in [1.29, 1.82) is 0 Å². The number of carbonyl (C=O) groups excluding carboxylic acids is 4. The number of thiazole rings is 2. The lowest BCUT2D eigenvalue weighted by Crippen LogP contribution is -2.33. The minimum atomic E-state index is -0.310. The lowest BCUT2D eigenvalue weighted by atomic mass is 10.1. The highest BCUT2D eigenvalue weighted by atomic mass is 32.1. The molecule has 0 bridgehead atoms. The smallest absolute Gasteiger partial charge is 0.261 e. The van der Waals surface area contributed by atoms with Gasteiger partial charge in [-0.15, -0.1) is 22.7 Å². The highest BCUT2D eigenvalue weighted by Crippen LogP contribution is 2.27. The zero-order valence-electron chi connectivity index (χ0n) is 20.5. The predicted octanol–water partition coefficient (Wildman–Crippen LogP) is 4.15. The molecular weight excluding hydrogens is 522 g/mol. The van der Waals surface area contributed by atoms with Crippen molar-refractivity contribution in [3.05, 3.63) is 93.5 Å². The van der Waals surface area contributed by atoms with E-state index in [4.69, 9.17) is 0 Å². The van der Waals surface area contributed by atoms with Crippen LogP contribution in [0.3, 0.4) is 0 Å². The van der Waals surface area contributed by atoms with Gasteiger partial charge in [0, 0.05) is 47.8 Å². The molecule has 0 saturated heterocycles. The molecule has 2 aliphatic rings. The van der Waals surface area contributed by atoms with E-state index in [0.29, 0.717) is 45.4 Å². The molecule has 9 nitrogen and oxygen atoms in total. The first-order valence-electron chi connectivity index (χ1n) is 11.8. The monoisotopic (exact) mass is 545 g/mol. The third-order valence-electron chi connectivity index (χ3n) is 6.22. The van der Waals surface area contributed by atoms with Gasteiger partial charge in [-0.25, -0.2) is 9.97 Å². The van der Waals surface area contributed by atoms with Crippen LogP contribution in [0.2, 0.25) is 0 Å². The van der Waals surface area contributed by atoms with E-state index in [-0.39, 0.29) is 36.7 Å². The molecule has 1 N–H and O–H groups in total. The summed E-state index contributed by atoms with van der Waals surface area (Å²) < 4.78 is 0. The first-order chi connectivity index (χ1) is 18.4. The minimum absolute atomic E-state index is 0.239. The molecule has 0 aliphatic carbocycles. The third kappa shape index (κ3) is 4.85. The van der Waals surface area contributed by atoms with E-state index < -0.39 is 0 Å². The molecular formula is C27H23N5O4S2. The Morgan fingerprint density at radius 3 is 1.89 bits per heavy atom. The molecule has 0 unspecified atom stereocenters. The van der Waals surface area contributed by atoms with Crippen LogP contribution in [0.1, 0.15) is 39.0 Å². The summed E-state index contributed by atoms with van der Waals surface area (Å²) in [6.45, 7) is 5.74. The molecule has 38 heavy (non-hydrogen) atoms. The molecule has 11 heteroatoms. The van der Waals surface area contributed by atoms with Crippen LogP contribution in [0.25, 0.3) is 0 Å². The van der Waals surface area contributed by atoms with Gasteiger partial charge in [0.25, 0.3) is 23.6 Å².